The molecule has 0 fully saturated rings. The third kappa shape index (κ3) is 3.91. The fourth-order valence-electron chi connectivity index (χ4n) is 1.50. The van der Waals surface area contributed by atoms with E-state index in [0.717, 1.165) is 22.5 Å². The van der Waals surface area contributed by atoms with E-state index < -0.39 is 28.4 Å². The van der Waals surface area contributed by atoms with Gasteiger partial charge in [0.2, 0.25) is 10.0 Å². The number of hydrogen-bond donors (Lipinski definition) is 0. The van der Waals surface area contributed by atoms with Crippen molar-refractivity contribution in [3.63, 3.8) is 0 Å². The Labute approximate surface area is 122 Å². The smallest absolute Gasteiger partial charge is 0.321 e. The Morgan fingerprint density at radius 3 is 2.55 bits per heavy atom. The zero-order valence-corrected chi connectivity index (χ0v) is 12.7. The Balaban J connectivity index is 3.05. The Morgan fingerprint density at radius 2 is 2.05 bits per heavy atom. The number of carbonyl (C=O) groups is 1. The maximum Gasteiger partial charge on any atom is 0.321 e. The van der Waals surface area contributed by atoms with E-state index in [1.165, 1.54) is 0 Å². The predicted molar refractivity (Wildman–Crippen MR) is 72.5 cm³/mol. The minimum absolute atomic E-state index is 0.0795. The quantitative estimate of drug-likeness (QED) is 0.752. The van der Waals surface area contributed by atoms with Gasteiger partial charge in [-0.3, -0.25) is 4.79 Å². The summed E-state index contributed by atoms with van der Waals surface area (Å²) in [6, 6.07) is 3.08. The average molecular weight is 324 g/mol. The molecule has 8 heteroatoms. The van der Waals surface area contributed by atoms with Gasteiger partial charge in [0, 0.05) is 6.54 Å². The Bertz CT molecular complexity index is 591. The van der Waals surface area contributed by atoms with Crippen molar-refractivity contribution < 1.29 is 22.3 Å². The van der Waals surface area contributed by atoms with Crippen molar-refractivity contribution in [2.24, 2.45) is 0 Å². The third-order valence-electron chi connectivity index (χ3n) is 2.49. The molecule has 0 amide bonds. The van der Waals surface area contributed by atoms with Gasteiger partial charge in [-0.05, 0) is 25.1 Å². The summed E-state index contributed by atoms with van der Waals surface area (Å²) in [6.45, 7) is 3.06. The summed E-state index contributed by atoms with van der Waals surface area (Å²) in [5.41, 5.74) is 0. The highest BCUT2D eigenvalue weighted by Crippen LogP contribution is 2.22. The summed E-state index contributed by atoms with van der Waals surface area (Å²) in [5, 5.41) is -0.293. The van der Waals surface area contributed by atoms with Crippen molar-refractivity contribution in [1.29, 1.82) is 0 Å². The van der Waals surface area contributed by atoms with Crippen LogP contribution in [0.5, 0.6) is 0 Å². The Hall–Kier alpha value is -1.18. The van der Waals surface area contributed by atoms with Crippen LogP contribution in [0.2, 0.25) is 5.02 Å². The molecule has 0 heterocycles. The molecule has 0 aliphatic rings. The molecule has 0 saturated carbocycles. The number of hydrogen-bond acceptors (Lipinski definition) is 4. The number of benzene rings is 1. The van der Waals surface area contributed by atoms with E-state index >= 15 is 0 Å². The van der Waals surface area contributed by atoms with E-state index in [1.807, 2.05) is 0 Å². The second-order valence-electron chi connectivity index (χ2n) is 3.81. The molecule has 0 saturated heterocycles. The van der Waals surface area contributed by atoms with Gasteiger partial charge in [-0.15, -0.1) is 0 Å². The summed E-state index contributed by atoms with van der Waals surface area (Å²) in [7, 11) is -3.92. The summed E-state index contributed by atoms with van der Waals surface area (Å²) < 4.78 is 43.3. The van der Waals surface area contributed by atoms with E-state index in [9.17, 15) is 17.6 Å². The molecular formula is C12H15ClFNO4S. The van der Waals surface area contributed by atoms with Crippen LogP contribution in [-0.4, -0.2) is 38.4 Å². The molecule has 0 atom stereocenters. The lowest BCUT2D eigenvalue weighted by Crippen LogP contribution is -2.36. The molecule has 20 heavy (non-hydrogen) atoms. The average Bonchev–Trinajstić information content (AvgIpc) is 2.39. The summed E-state index contributed by atoms with van der Waals surface area (Å²) in [6.07, 6.45) is 0. The van der Waals surface area contributed by atoms with Crippen LogP contribution < -0.4 is 0 Å². The van der Waals surface area contributed by atoms with Crippen molar-refractivity contribution >= 4 is 27.6 Å². The van der Waals surface area contributed by atoms with Crippen LogP contribution in [-0.2, 0) is 19.6 Å². The van der Waals surface area contributed by atoms with Crippen molar-refractivity contribution in [1.82, 2.24) is 4.31 Å². The van der Waals surface area contributed by atoms with Crippen LogP contribution in [0, 0.1) is 5.82 Å². The first kappa shape index (κ1) is 16.9. The first-order chi connectivity index (χ1) is 9.32. The standard InChI is InChI=1S/C12H15ClFNO4S/c1-3-15(8-12(16)19-4-2)20(17,18)9-5-6-11(14)10(13)7-9/h5-7H,3-4,8H2,1-2H3. The Morgan fingerprint density at radius 1 is 1.40 bits per heavy atom. The van der Waals surface area contributed by atoms with Crippen LogP contribution >= 0.6 is 11.6 Å². The highest BCUT2D eigenvalue weighted by molar-refractivity contribution is 7.89. The molecule has 0 aliphatic heterocycles. The summed E-state index contributed by atoms with van der Waals surface area (Å²) in [5.74, 6) is -1.36. The van der Waals surface area contributed by atoms with Gasteiger partial charge in [-0.1, -0.05) is 18.5 Å². The number of carbonyl (C=O) groups excluding carboxylic acids is 1. The van der Waals surface area contributed by atoms with Crippen LogP contribution in [0.1, 0.15) is 13.8 Å². The van der Waals surface area contributed by atoms with Gasteiger partial charge in [0.05, 0.1) is 16.5 Å². The minimum Gasteiger partial charge on any atom is -0.465 e. The van der Waals surface area contributed by atoms with Crippen LogP contribution in [0.4, 0.5) is 4.39 Å². The van der Waals surface area contributed by atoms with E-state index in [4.69, 9.17) is 16.3 Å². The topological polar surface area (TPSA) is 63.7 Å². The molecular weight excluding hydrogens is 309 g/mol. The van der Waals surface area contributed by atoms with Crippen molar-refractivity contribution in [2.75, 3.05) is 19.7 Å². The zero-order valence-electron chi connectivity index (χ0n) is 11.1. The van der Waals surface area contributed by atoms with Gasteiger partial charge in [-0.2, -0.15) is 4.31 Å². The first-order valence-corrected chi connectivity index (χ1v) is 7.75. The molecule has 0 spiro atoms. The van der Waals surface area contributed by atoms with Gasteiger partial charge < -0.3 is 4.74 Å². The molecule has 0 aromatic heterocycles. The van der Waals surface area contributed by atoms with E-state index in [-0.39, 0.29) is 23.1 Å². The van der Waals surface area contributed by atoms with E-state index in [0.29, 0.717) is 0 Å². The highest BCUT2D eigenvalue weighted by atomic mass is 35.5. The van der Waals surface area contributed by atoms with Crippen molar-refractivity contribution in [3.8, 4) is 0 Å². The summed E-state index contributed by atoms with van der Waals surface area (Å²) >= 11 is 5.57. The van der Waals surface area contributed by atoms with Gasteiger partial charge >= 0.3 is 5.97 Å². The van der Waals surface area contributed by atoms with E-state index in [1.54, 1.807) is 13.8 Å². The van der Waals surface area contributed by atoms with E-state index in [2.05, 4.69) is 0 Å². The van der Waals surface area contributed by atoms with Gasteiger partial charge in [0.15, 0.2) is 0 Å². The van der Waals surface area contributed by atoms with Crippen LogP contribution in [0.25, 0.3) is 0 Å². The largest absolute Gasteiger partial charge is 0.465 e. The lowest BCUT2D eigenvalue weighted by Gasteiger charge is -2.19. The number of nitrogens with zero attached hydrogens (tertiary/aromatic N) is 1. The SMILES string of the molecule is CCOC(=O)CN(CC)S(=O)(=O)c1ccc(F)c(Cl)c1. The number of likely N-dealkylation sites (N-methyl/N-ethyl adjacent to an activating group) is 1. The molecule has 0 unspecified atom stereocenters. The normalized spacial score (nSPS) is 11.7. The monoisotopic (exact) mass is 323 g/mol. The number of halogens is 2. The number of ether oxygens (including phenoxy) is 1. The summed E-state index contributed by atoms with van der Waals surface area (Å²) in [4.78, 5) is 11.2. The molecule has 1 rings (SSSR count). The van der Waals surface area contributed by atoms with Crippen LogP contribution in [0.3, 0.4) is 0 Å². The van der Waals surface area contributed by atoms with Gasteiger partial charge in [0.1, 0.15) is 12.4 Å². The third-order valence-corrected chi connectivity index (χ3v) is 4.70. The van der Waals surface area contributed by atoms with Crippen molar-refractivity contribution in [3.05, 3.63) is 29.0 Å². The lowest BCUT2D eigenvalue weighted by atomic mass is 10.3. The zero-order chi connectivity index (χ0) is 15.3. The first-order valence-electron chi connectivity index (χ1n) is 5.93. The molecule has 0 N–H and O–H groups in total. The Kier molecular flexibility index (Phi) is 5.91. The maximum atomic E-state index is 13.1. The second-order valence-corrected chi connectivity index (χ2v) is 6.16. The van der Waals surface area contributed by atoms with Gasteiger partial charge in [0.25, 0.3) is 0 Å². The minimum atomic E-state index is -3.92. The molecule has 112 valence electrons. The maximum absolute atomic E-state index is 13.1. The highest BCUT2D eigenvalue weighted by Gasteiger charge is 2.26. The number of rotatable bonds is 6. The van der Waals surface area contributed by atoms with Crippen molar-refractivity contribution in [2.45, 2.75) is 18.7 Å². The fourth-order valence-corrected chi connectivity index (χ4v) is 3.17. The molecule has 5 nitrogen and oxygen atoms in total. The molecule has 0 bridgehead atoms. The molecule has 1 aromatic rings. The number of sulfonamides is 1. The number of esters is 1. The molecule has 1 aromatic carbocycles. The second kappa shape index (κ2) is 7.01. The lowest BCUT2D eigenvalue weighted by molar-refractivity contribution is -0.143. The molecule has 0 aliphatic carbocycles. The van der Waals surface area contributed by atoms with Gasteiger partial charge in [-0.25, -0.2) is 12.8 Å². The predicted octanol–water partition coefficient (Wildman–Crippen LogP) is 2.05. The molecule has 0 radical (unpaired) electrons. The van der Waals surface area contributed by atoms with Crippen LogP contribution in [0.15, 0.2) is 23.1 Å². The fraction of sp³-hybridized carbons (Fsp3) is 0.417.